The topological polar surface area (TPSA) is 85.7 Å². The molecule has 0 bridgehead atoms. The highest BCUT2D eigenvalue weighted by Crippen LogP contribution is 2.33. The van der Waals surface area contributed by atoms with Crippen molar-refractivity contribution in [1.29, 1.82) is 5.26 Å². The van der Waals surface area contributed by atoms with Crippen LogP contribution in [-0.4, -0.2) is 59.9 Å². The zero-order chi connectivity index (χ0) is 24.2. The number of hydrogen-bond donors (Lipinski definition) is 1. The van der Waals surface area contributed by atoms with Crippen molar-refractivity contribution in [3.05, 3.63) is 29.6 Å². The highest BCUT2D eigenvalue weighted by Gasteiger charge is 2.42. The normalized spacial score (nSPS) is 20.7. The third-order valence-electron chi connectivity index (χ3n) is 5.53. The number of hydrogen-bond acceptors (Lipinski definition) is 4. The second-order valence-corrected chi connectivity index (χ2v) is 8.05. The van der Waals surface area contributed by atoms with Gasteiger partial charge in [-0.25, -0.2) is 9.18 Å². The van der Waals surface area contributed by atoms with Gasteiger partial charge in [0.05, 0.1) is 31.1 Å². The summed E-state index contributed by atoms with van der Waals surface area (Å²) in [6.45, 7) is -0.760. The first-order valence-electron chi connectivity index (χ1n) is 10.4. The van der Waals surface area contributed by atoms with E-state index in [0.717, 1.165) is 25.0 Å². The van der Waals surface area contributed by atoms with Crippen molar-refractivity contribution in [2.45, 2.75) is 50.7 Å². The number of likely N-dealkylation sites (tertiary alicyclic amines) is 1. The van der Waals surface area contributed by atoms with E-state index in [1.807, 2.05) is 0 Å². The van der Waals surface area contributed by atoms with E-state index in [0.29, 0.717) is 12.5 Å². The van der Waals surface area contributed by atoms with E-state index in [4.69, 9.17) is 0 Å². The van der Waals surface area contributed by atoms with E-state index >= 15 is 0 Å². The molecule has 1 saturated heterocycles. The average molecular weight is 474 g/mol. The maximum atomic E-state index is 14.2. The van der Waals surface area contributed by atoms with Crippen LogP contribution in [0.4, 0.5) is 26.7 Å². The lowest BCUT2D eigenvalue weighted by Gasteiger charge is -2.41. The number of nitrogens with zero attached hydrogens (tertiary/aromatic N) is 3. The number of piperidine rings is 1. The van der Waals surface area contributed by atoms with E-state index in [-0.39, 0.29) is 37.7 Å². The molecule has 1 aromatic rings. The van der Waals surface area contributed by atoms with Crippen LogP contribution in [0.25, 0.3) is 0 Å². The Labute approximate surface area is 187 Å². The largest absolute Gasteiger partial charge is 0.573 e. The number of amides is 3. The summed E-state index contributed by atoms with van der Waals surface area (Å²) in [5, 5.41) is 12.0. The van der Waals surface area contributed by atoms with Gasteiger partial charge >= 0.3 is 12.4 Å². The van der Waals surface area contributed by atoms with E-state index < -0.39 is 48.5 Å². The van der Waals surface area contributed by atoms with Crippen LogP contribution in [0.1, 0.15) is 31.2 Å². The number of alkyl halides is 4. The molecule has 12 heteroatoms. The highest BCUT2D eigenvalue weighted by molar-refractivity contribution is 5.77. The molecule has 1 N–H and O–H groups in total. The van der Waals surface area contributed by atoms with Crippen molar-refractivity contribution in [3.8, 4) is 11.8 Å². The molecular weight excluding hydrogens is 451 g/mol. The minimum atomic E-state index is -4.95. The molecule has 3 rings (SSSR count). The number of ether oxygens (including phenoxy) is 1. The predicted octanol–water partition coefficient (Wildman–Crippen LogP) is 3.50. The molecular formula is C21H23F5N4O3. The number of nitriles is 1. The number of nitrogens with one attached hydrogen (secondary N) is 1. The number of rotatable bonds is 7. The van der Waals surface area contributed by atoms with Gasteiger partial charge in [-0.3, -0.25) is 9.18 Å². The summed E-state index contributed by atoms with van der Waals surface area (Å²) >= 11 is 0. The van der Waals surface area contributed by atoms with Gasteiger partial charge < -0.3 is 19.9 Å². The van der Waals surface area contributed by atoms with Gasteiger partial charge in [0.15, 0.2) is 0 Å². The van der Waals surface area contributed by atoms with Gasteiger partial charge in [0.2, 0.25) is 5.91 Å². The molecule has 2 atom stereocenters. The SMILES string of the molecule is N#C[C@H]1CC(N(C(=O)NCc2ccc(OC(F)(F)F)cc2F)C2CC2)CN(C(=O)CCF)C1. The number of carbonyl (C=O) groups is 2. The molecule has 1 aliphatic heterocycles. The molecule has 2 fully saturated rings. The van der Waals surface area contributed by atoms with Crippen molar-refractivity contribution in [2.75, 3.05) is 19.8 Å². The lowest BCUT2D eigenvalue weighted by molar-refractivity contribution is -0.274. The monoisotopic (exact) mass is 474 g/mol. The summed E-state index contributed by atoms with van der Waals surface area (Å²) in [6.07, 6.45) is -3.44. The van der Waals surface area contributed by atoms with Crippen molar-refractivity contribution < 1.29 is 36.3 Å². The average Bonchev–Trinajstić information content (AvgIpc) is 3.57. The van der Waals surface area contributed by atoms with Crippen LogP contribution < -0.4 is 10.1 Å². The van der Waals surface area contributed by atoms with Crippen LogP contribution in [0.5, 0.6) is 5.75 Å². The quantitative estimate of drug-likeness (QED) is 0.613. The standard InChI is InChI=1S/C21H23F5N4O3/c22-6-5-19(31)29-11-13(9-27)7-16(12-29)30(15-2-3-15)20(32)28-10-14-1-4-17(8-18(14)23)33-21(24,25)26/h1,4,8,13,15-16H,2-3,5-7,10-12H2,(H,28,32)/t13-,16?/m1/s1. The van der Waals surface area contributed by atoms with Crippen LogP contribution in [0.15, 0.2) is 18.2 Å². The maximum absolute atomic E-state index is 14.2. The molecule has 3 amide bonds. The Morgan fingerprint density at radius 2 is 1.97 bits per heavy atom. The van der Waals surface area contributed by atoms with Gasteiger partial charge in [-0.05, 0) is 25.3 Å². The molecule has 0 radical (unpaired) electrons. The Hall–Kier alpha value is -3.10. The molecule has 1 aromatic carbocycles. The Morgan fingerprint density at radius 3 is 2.55 bits per heavy atom. The lowest BCUT2D eigenvalue weighted by atomic mass is 9.94. The Bertz CT molecular complexity index is 916. The van der Waals surface area contributed by atoms with Gasteiger partial charge in [-0.2, -0.15) is 5.26 Å². The van der Waals surface area contributed by atoms with Gasteiger partial charge in [-0.1, -0.05) is 6.07 Å². The molecule has 7 nitrogen and oxygen atoms in total. The van der Waals surface area contributed by atoms with Crippen molar-refractivity contribution in [1.82, 2.24) is 15.1 Å². The molecule has 180 valence electrons. The lowest BCUT2D eigenvalue weighted by Crippen LogP contribution is -2.56. The van der Waals surface area contributed by atoms with Crippen LogP contribution >= 0.6 is 0 Å². The zero-order valence-electron chi connectivity index (χ0n) is 17.6. The van der Waals surface area contributed by atoms with E-state index in [1.165, 1.54) is 9.80 Å². The first-order chi connectivity index (χ1) is 15.6. The summed E-state index contributed by atoms with van der Waals surface area (Å²) in [5.74, 6) is -2.63. The smallest absolute Gasteiger partial charge is 0.406 e. The van der Waals surface area contributed by atoms with Gasteiger partial charge in [0, 0.05) is 37.3 Å². The van der Waals surface area contributed by atoms with Crippen LogP contribution in [0, 0.1) is 23.1 Å². The number of urea groups is 1. The first kappa shape index (κ1) is 24.5. The molecule has 1 heterocycles. The van der Waals surface area contributed by atoms with E-state index in [1.54, 1.807) is 0 Å². The molecule has 1 aliphatic carbocycles. The second-order valence-electron chi connectivity index (χ2n) is 8.05. The summed E-state index contributed by atoms with van der Waals surface area (Å²) < 4.78 is 67.3. The van der Waals surface area contributed by atoms with Crippen molar-refractivity contribution in [2.24, 2.45) is 5.92 Å². The van der Waals surface area contributed by atoms with E-state index in [2.05, 4.69) is 16.1 Å². The first-order valence-corrected chi connectivity index (χ1v) is 10.4. The van der Waals surface area contributed by atoms with Gasteiger partial charge in [0.25, 0.3) is 0 Å². The molecule has 1 unspecified atom stereocenters. The van der Waals surface area contributed by atoms with Gasteiger partial charge in [-0.15, -0.1) is 13.2 Å². The van der Waals surface area contributed by atoms with Crippen LogP contribution in [0.2, 0.25) is 0 Å². The molecule has 33 heavy (non-hydrogen) atoms. The molecule has 0 aromatic heterocycles. The molecule has 1 saturated carbocycles. The third kappa shape index (κ3) is 6.69. The number of benzene rings is 1. The minimum absolute atomic E-state index is 0.0353. The Balaban J connectivity index is 1.67. The molecule has 2 aliphatic rings. The fourth-order valence-electron chi connectivity index (χ4n) is 3.92. The van der Waals surface area contributed by atoms with Gasteiger partial charge in [0.1, 0.15) is 11.6 Å². The summed E-state index contributed by atoms with van der Waals surface area (Å²) in [4.78, 5) is 28.0. The molecule has 0 spiro atoms. The summed E-state index contributed by atoms with van der Waals surface area (Å²) in [7, 11) is 0. The number of carbonyl (C=O) groups excluding carboxylic acids is 2. The van der Waals surface area contributed by atoms with Crippen LogP contribution in [-0.2, 0) is 11.3 Å². The summed E-state index contributed by atoms with van der Waals surface area (Å²) in [5.41, 5.74) is -0.0353. The third-order valence-corrected chi connectivity index (χ3v) is 5.53. The second kappa shape index (κ2) is 10.2. The number of halogens is 5. The fraction of sp³-hybridized carbons (Fsp3) is 0.571. The van der Waals surface area contributed by atoms with Crippen molar-refractivity contribution >= 4 is 11.9 Å². The zero-order valence-corrected chi connectivity index (χ0v) is 17.6. The van der Waals surface area contributed by atoms with E-state index in [9.17, 15) is 36.8 Å². The maximum Gasteiger partial charge on any atom is 0.573 e. The van der Waals surface area contributed by atoms with Crippen LogP contribution in [0.3, 0.4) is 0 Å². The fourth-order valence-corrected chi connectivity index (χ4v) is 3.92. The minimum Gasteiger partial charge on any atom is -0.406 e. The Morgan fingerprint density at radius 1 is 1.24 bits per heavy atom. The highest BCUT2D eigenvalue weighted by atomic mass is 19.4. The van der Waals surface area contributed by atoms with Crippen molar-refractivity contribution in [3.63, 3.8) is 0 Å². The predicted molar refractivity (Wildman–Crippen MR) is 105 cm³/mol. The Kier molecular flexibility index (Phi) is 7.61. The summed E-state index contributed by atoms with van der Waals surface area (Å²) in [6, 6.07) is 3.63.